The number of sulfonamides is 1. The van der Waals surface area contributed by atoms with Gasteiger partial charge in [0.2, 0.25) is 15.9 Å². The largest absolute Gasteiger partial charge is 0.377 e. The number of fused-ring (bicyclic) bond motifs is 1. The molecule has 0 radical (unpaired) electrons. The van der Waals surface area contributed by atoms with Crippen molar-refractivity contribution in [1.82, 2.24) is 9.29 Å². The van der Waals surface area contributed by atoms with E-state index in [0.29, 0.717) is 18.7 Å². The fourth-order valence-corrected chi connectivity index (χ4v) is 7.83. The van der Waals surface area contributed by atoms with Crippen LogP contribution < -0.4 is 4.90 Å². The molecule has 2 unspecified atom stereocenters. The topological polar surface area (TPSA) is 96.9 Å². The molecule has 2 saturated heterocycles. The molecule has 3 aromatic carbocycles. The molecule has 0 saturated carbocycles. The number of aryl methyl sites for hydroxylation is 1. The molecular formula is C29H26FN3O5S2. The Morgan fingerprint density at radius 2 is 1.82 bits per heavy atom. The van der Waals surface area contributed by atoms with Crippen molar-refractivity contribution in [3.8, 4) is 10.6 Å². The highest BCUT2D eigenvalue weighted by Crippen LogP contribution is 2.34. The fraction of sp³-hybridized carbons (Fsp3) is 0.276. The van der Waals surface area contributed by atoms with Gasteiger partial charge in [0, 0.05) is 18.7 Å². The van der Waals surface area contributed by atoms with Crippen molar-refractivity contribution in [2.45, 2.75) is 43.2 Å². The van der Waals surface area contributed by atoms with Gasteiger partial charge in [-0.3, -0.25) is 9.59 Å². The third kappa shape index (κ3) is 4.94. The van der Waals surface area contributed by atoms with E-state index in [2.05, 4.69) is 11.1 Å². The maximum atomic E-state index is 13.7. The number of imide groups is 1. The van der Waals surface area contributed by atoms with Gasteiger partial charge in [-0.15, -0.1) is 11.3 Å². The van der Waals surface area contributed by atoms with E-state index in [1.807, 2.05) is 19.1 Å². The van der Waals surface area contributed by atoms with Crippen LogP contribution in [0.1, 0.15) is 24.8 Å². The fourth-order valence-electron chi connectivity index (χ4n) is 5.14. The number of ether oxygens (including phenoxy) is 1. The molecule has 206 valence electrons. The lowest BCUT2D eigenvalue weighted by atomic mass is 10.2. The van der Waals surface area contributed by atoms with E-state index in [4.69, 9.17) is 4.74 Å². The summed E-state index contributed by atoms with van der Waals surface area (Å²) in [4.78, 5) is 32.4. The van der Waals surface area contributed by atoms with Gasteiger partial charge in [0.1, 0.15) is 16.9 Å². The molecule has 3 heterocycles. The van der Waals surface area contributed by atoms with E-state index in [9.17, 15) is 22.4 Å². The van der Waals surface area contributed by atoms with Crippen molar-refractivity contribution in [3.63, 3.8) is 0 Å². The van der Waals surface area contributed by atoms with Gasteiger partial charge < -0.3 is 4.74 Å². The minimum Gasteiger partial charge on any atom is -0.377 e. The van der Waals surface area contributed by atoms with Crippen molar-refractivity contribution in [2.75, 3.05) is 18.1 Å². The summed E-state index contributed by atoms with van der Waals surface area (Å²) in [5.41, 5.74) is 3.25. The monoisotopic (exact) mass is 579 g/mol. The first-order valence-corrected chi connectivity index (χ1v) is 15.2. The molecule has 2 aliphatic rings. The van der Waals surface area contributed by atoms with E-state index < -0.39 is 39.8 Å². The average Bonchev–Trinajstić information content (AvgIpc) is 3.67. The standard InChI is InChI=1S/C29H26FN3O5S2/c1-18-4-13-24-26(15-18)39-28(31-24)19-5-9-21(10-6-19)33-27(34)16-25(29(33)35)32(17-22-3-2-14-38-22)40(36,37)23-11-7-20(30)8-12-23/h4-13,15,22,25H,2-3,14,16-17H2,1H3. The Bertz CT molecular complexity index is 1700. The lowest BCUT2D eigenvalue weighted by Gasteiger charge is -2.29. The molecule has 1 aromatic heterocycles. The molecule has 4 aromatic rings. The predicted octanol–water partition coefficient (Wildman–Crippen LogP) is 4.91. The molecule has 2 fully saturated rings. The zero-order valence-electron chi connectivity index (χ0n) is 21.6. The second kappa shape index (κ2) is 10.5. The van der Waals surface area contributed by atoms with Gasteiger partial charge in [0.05, 0.1) is 33.3 Å². The number of hydrogen-bond donors (Lipinski definition) is 0. The number of amides is 2. The molecule has 2 amide bonds. The number of carbonyl (C=O) groups excluding carboxylic acids is 2. The molecule has 8 nitrogen and oxygen atoms in total. The highest BCUT2D eigenvalue weighted by Gasteiger charge is 2.47. The molecule has 40 heavy (non-hydrogen) atoms. The number of hydrogen-bond acceptors (Lipinski definition) is 7. The molecule has 11 heteroatoms. The van der Waals surface area contributed by atoms with Gasteiger partial charge in [0.25, 0.3) is 5.91 Å². The second-order valence-electron chi connectivity index (χ2n) is 9.99. The first-order valence-electron chi connectivity index (χ1n) is 12.9. The Hall–Kier alpha value is -3.51. The van der Waals surface area contributed by atoms with Gasteiger partial charge in [-0.25, -0.2) is 22.7 Å². The number of benzene rings is 3. The van der Waals surface area contributed by atoms with Crippen LogP contribution in [-0.4, -0.2) is 54.8 Å². The Morgan fingerprint density at radius 3 is 2.52 bits per heavy atom. The number of thiazole rings is 1. The van der Waals surface area contributed by atoms with Crippen LogP contribution in [0.4, 0.5) is 10.1 Å². The molecular weight excluding hydrogens is 553 g/mol. The Labute approximate surface area is 235 Å². The SMILES string of the molecule is Cc1ccc2nc(-c3ccc(N4C(=O)CC(N(CC5CCCO5)S(=O)(=O)c5ccc(F)cc5)C4=O)cc3)sc2c1. The first kappa shape index (κ1) is 26.7. The van der Waals surface area contributed by atoms with Crippen molar-refractivity contribution >= 4 is 49.1 Å². The van der Waals surface area contributed by atoms with Crippen LogP contribution in [0.25, 0.3) is 20.8 Å². The number of anilines is 1. The van der Waals surface area contributed by atoms with Gasteiger partial charge in [-0.1, -0.05) is 6.07 Å². The number of aromatic nitrogens is 1. The smallest absolute Gasteiger partial charge is 0.252 e. The van der Waals surface area contributed by atoms with Crippen LogP contribution in [0.2, 0.25) is 0 Å². The Morgan fingerprint density at radius 1 is 1.07 bits per heavy atom. The van der Waals surface area contributed by atoms with Crippen molar-refractivity contribution in [1.29, 1.82) is 0 Å². The number of halogens is 1. The summed E-state index contributed by atoms with van der Waals surface area (Å²) < 4.78 is 48.7. The normalized spacial score (nSPS) is 19.8. The van der Waals surface area contributed by atoms with Crippen LogP contribution in [0.5, 0.6) is 0 Å². The molecule has 0 N–H and O–H groups in total. The summed E-state index contributed by atoms with van der Waals surface area (Å²) in [5, 5.41) is 0.817. The minimum atomic E-state index is -4.23. The number of nitrogens with zero attached hydrogens (tertiary/aromatic N) is 3. The summed E-state index contributed by atoms with van der Waals surface area (Å²) >= 11 is 1.56. The van der Waals surface area contributed by atoms with Crippen molar-refractivity contribution in [2.24, 2.45) is 0 Å². The summed E-state index contributed by atoms with van der Waals surface area (Å²) in [6.45, 7) is 2.45. The summed E-state index contributed by atoms with van der Waals surface area (Å²) in [5.74, 6) is -1.70. The maximum Gasteiger partial charge on any atom is 0.252 e. The molecule has 2 aliphatic heterocycles. The molecule has 0 spiro atoms. The summed E-state index contributed by atoms with van der Waals surface area (Å²) in [7, 11) is -4.23. The number of carbonyl (C=O) groups is 2. The first-order chi connectivity index (χ1) is 19.2. The summed E-state index contributed by atoms with van der Waals surface area (Å²) in [6, 6.07) is 16.2. The van der Waals surface area contributed by atoms with Gasteiger partial charge in [0.15, 0.2) is 0 Å². The third-order valence-electron chi connectivity index (χ3n) is 7.21. The van der Waals surface area contributed by atoms with Crippen molar-refractivity contribution in [3.05, 3.63) is 78.1 Å². The van der Waals surface area contributed by atoms with Crippen LogP contribution >= 0.6 is 11.3 Å². The van der Waals surface area contributed by atoms with Crippen LogP contribution in [0, 0.1) is 12.7 Å². The van der Waals surface area contributed by atoms with E-state index in [0.717, 1.165) is 66.2 Å². The van der Waals surface area contributed by atoms with Crippen LogP contribution in [0.15, 0.2) is 71.6 Å². The Kier molecular flexibility index (Phi) is 6.99. The average molecular weight is 580 g/mol. The van der Waals surface area contributed by atoms with E-state index in [1.54, 1.807) is 35.6 Å². The zero-order valence-corrected chi connectivity index (χ0v) is 23.3. The lowest BCUT2D eigenvalue weighted by Crippen LogP contribution is -2.48. The summed E-state index contributed by atoms with van der Waals surface area (Å²) in [6.07, 6.45) is 0.717. The predicted molar refractivity (Wildman–Crippen MR) is 150 cm³/mol. The van der Waals surface area contributed by atoms with Gasteiger partial charge in [-0.05, 0) is 86.0 Å². The molecule has 6 rings (SSSR count). The minimum absolute atomic E-state index is 0.0761. The lowest BCUT2D eigenvalue weighted by molar-refractivity contribution is -0.122. The van der Waals surface area contributed by atoms with E-state index in [1.165, 1.54) is 0 Å². The van der Waals surface area contributed by atoms with E-state index in [-0.39, 0.29) is 17.9 Å². The molecule has 0 bridgehead atoms. The van der Waals surface area contributed by atoms with Crippen LogP contribution in [0.3, 0.4) is 0 Å². The highest BCUT2D eigenvalue weighted by molar-refractivity contribution is 7.89. The molecule has 2 atom stereocenters. The highest BCUT2D eigenvalue weighted by atomic mass is 32.2. The third-order valence-corrected chi connectivity index (χ3v) is 10.2. The molecule has 0 aliphatic carbocycles. The van der Waals surface area contributed by atoms with E-state index >= 15 is 0 Å². The van der Waals surface area contributed by atoms with Gasteiger partial charge >= 0.3 is 0 Å². The zero-order chi connectivity index (χ0) is 28.0. The van der Waals surface area contributed by atoms with Crippen LogP contribution in [-0.2, 0) is 24.3 Å². The second-order valence-corrected chi connectivity index (χ2v) is 12.9. The van der Waals surface area contributed by atoms with Crippen molar-refractivity contribution < 1.29 is 27.1 Å². The number of rotatable bonds is 7. The Balaban J connectivity index is 1.29. The quantitative estimate of drug-likeness (QED) is 0.289. The maximum absolute atomic E-state index is 13.7. The van der Waals surface area contributed by atoms with Gasteiger partial charge in [-0.2, -0.15) is 4.31 Å².